The van der Waals surface area contributed by atoms with Gasteiger partial charge in [0.15, 0.2) is 0 Å². The lowest BCUT2D eigenvalue weighted by molar-refractivity contribution is 0.660. The zero-order chi connectivity index (χ0) is 34.1. The van der Waals surface area contributed by atoms with Gasteiger partial charge in [-0.3, -0.25) is 0 Å². The molecule has 1 aliphatic rings. The third-order valence-electron chi connectivity index (χ3n) is 10.9. The van der Waals surface area contributed by atoms with Crippen molar-refractivity contribution in [3.63, 3.8) is 0 Å². The number of benzene rings is 8. The summed E-state index contributed by atoms with van der Waals surface area (Å²) in [5.41, 5.74) is 13.7. The molecule has 1 aromatic heterocycles. The summed E-state index contributed by atoms with van der Waals surface area (Å²) in [5, 5.41) is 5.12. The SMILES string of the molecule is CC1(C)c2cc(-c3ccccc3)ccc2-c2ccc(N(c3ccc(-c4ccc5sc6ccccc6c5c4)cc3)c3cccc4ccccc34)cc21. The first kappa shape index (κ1) is 29.9. The maximum atomic E-state index is 2.44. The Balaban J connectivity index is 1.09. The number of hydrogen-bond donors (Lipinski definition) is 0. The number of rotatable bonds is 5. The summed E-state index contributed by atoms with van der Waals surface area (Å²) in [6.45, 7) is 4.75. The Morgan fingerprint density at radius 1 is 0.412 bits per heavy atom. The molecule has 9 aromatic rings. The molecule has 0 atom stereocenters. The van der Waals surface area contributed by atoms with Gasteiger partial charge in [0, 0.05) is 42.3 Å². The van der Waals surface area contributed by atoms with Crippen LogP contribution in [0, 0.1) is 0 Å². The van der Waals surface area contributed by atoms with Gasteiger partial charge in [0.05, 0.1) is 5.69 Å². The highest BCUT2D eigenvalue weighted by molar-refractivity contribution is 7.25. The summed E-state index contributed by atoms with van der Waals surface area (Å²) in [7, 11) is 0. The Morgan fingerprint density at radius 2 is 1.00 bits per heavy atom. The van der Waals surface area contributed by atoms with E-state index in [4.69, 9.17) is 0 Å². The number of hydrogen-bond acceptors (Lipinski definition) is 2. The van der Waals surface area contributed by atoms with E-state index in [9.17, 15) is 0 Å². The molecule has 10 rings (SSSR count). The molecular weight excluding hydrogens is 635 g/mol. The van der Waals surface area contributed by atoms with Crippen molar-refractivity contribution in [3.05, 3.63) is 187 Å². The molecular formula is C49H35NS. The minimum Gasteiger partial charge on any atom is -0.310 e. The largest absolute Gasteiger partial charge is 0.310 e. The van der Waals surface area contributed by atoms with Crippen molar-refractivity contribution < 1.29 is 0 Å². The molecule has 1 heterocycles. The van der Waals surface area contributed by atoms with Gasteiger partial charge in [-0.1, -0.05) is 135 Å². The molecule has 2 heteroatoms. The first-order chi connectivity index (χ1) is 25.0. The highest BCUT2D eigenvalue weighted by Crippen LogP contribution is 2.52. The molecule has 0 fully saturated rings. The summed E-state index contributed by atoms with van der Waals surface area (Å²) in [4.78, 5) is 2.44. The van der Waals surface area contributed by atoms with Crippen LogP contribution >= 0.6 is 11.3 Å². The van der Waals surface area contributed by atoms with Gasteiger partial charge < -0.3 is 4.90 Å². The highest BCUT2D eigenvalue weighted by atomic mass is 32.1. The fourth-order valence-corrected chi connectivity index (χ4v) is 9.30. The second-order valence-electron chi connectivity index (χ2n) is 14.2. The first-order valence-electron chi connectivity index (χ1n) is 17.7. The minimum absolute atomic E-state index is 0.149. The number of anilines is 3. The van der Waals surface area contributed by atoms with E-state index in [0.717, 1.165) is 11.4 Å². The number of nitrogens with zero attached hydrogens (tertiary/aromatic N) is 1. The Hall–Kier alpha value is -5.96. The molecule has 0 saturated carbocycles. The monoisotopic (exact) mass is 669 g/mol. The Labute approximate surface area is 302 Å². The van der Waals surface area contributed by atoms with Gasteiger partial charge in [-0.2, -0.15) is 0 Å². The second kappa shape index (κ2) is 11.6. The summed E-state index contributed by atoms with van der Waals surface area (Å²) in [5.74, 6) is 0. The molecule has 0 amide bonds. The van der Waals surface area contributed by atoms with Gasteiger partial charge in [0.1, 0.15) is 0 Å². The van der Waals surface area contributed by atoms with Crippen molar-refractivity contribution >= 4 is 59.3 Å². The van der Waals surface area contributed by atoms with Crippen LogP contribution in [0.5, 0.6) is 0 Å². The third-order valence-corrected chi connectivity index (χ3v) is 12.0. The van der Waals surface area contributed by atoms with E-state index in [0.29, 0.717) is 0 Å². The minimum atomic E-state index is -0.149. The molecule has 8 aromatic carbocycles. The normalized spacial score (nSPS) is 13.1. The predicted molar refractivity (Wildman–Crippen MR) is 220 cm³/mol. The van der Waals surface area contributed by atoms with Crippen LogP contribution in [0.25, 0.3) is 64.3 Å². The summed E-state index contributed by atoms with van der Waals surface area (Å²) < 4.78 is 2.67. The van der Waals surface area contributed by atoms with Crippen molar-refractivity contribution in [2.45, 2.75) is 19.3 Å². The number of thiophene rings is 1. The standard InChI is InChI=1S/C49H35NS/c1-49(2)44-30-36(32-11-4-3-5-12-32)21-26-40(44)41-27-25-38(31-45(41)49)50(46-17-10-14-34-13-6-7-15-39(34)46)37-23-19-33(20-24-37)35-22-28-48-43(29-35)42-16-8-9-18-47(42)51-48/h3-31H,1-2H3. The summed E-state index contributed by atoms with van der Waals surface area (Å²) >= 11 is 1.87. The molecule has 0 spiro atoms. The maximum Gasteiger partial charge on any atom is 0.0540 e. The van der Waals surface area contributed by atoms with Crippen LogP contribution in [0.4, 0.5) is 17.1 Å². The molecule has 242 valence electrons. The lowest BCUT2D eigenvalue weighted by Crippen LogP contribution is -2.16. The molecule has 0 bridgehead atoms. The average Bonchev–Trinajstić information content (AvgIpc) is 3.66. The maximum absolute atomic E-state index is 2.44. The topological polar surface area (TPSA) is 3.24 Å². The van der Waals surface area contributed by atoms with E-state index >= 15 is 0 Å². The van der Waals surface area contributed by atoms with Gasteiger partial charge >= 0.3 is 0 Å². The molecule has 0 radical (unpaired) electrons. The van der Waals surface area contributed by atoms with Crippen LogP contribution in [-0.2, 0) is 5.41 Å². The quantitative estimate of drug-likeness (QED) is 0.176. The van der Waals surface area contributed by atoms with Crippen molar-refractivity contribution in [1.82, 2.24) is 0 Å². The summed E-state index contributed by atoms with van der Waals surface area (Å²) in [6.07, 6.45) is 0. The van der Waals surface area contributed by atoms with Crippen LogP contribution in [0.3, 0.4) is 0 Å². The first-order valence-corrected chi connectivity index (χ1v) is 18.5. The van der Waals surface area contributed by atoms with Gasteiger partial charge in [-0.25, -0.2) is 0 Å². The highest BCUT2D eigenvalue weighted by Gasteiger charge is 2.36. The lowest BCUT2D eigenvalue weighted by atomic mass is 9.81. The Bertz CT molecular complexity index is 2770. The lowest BCUT2D eigenvalue weighted by Gasteiger charge is -2.29. The van der Waals surface area contributed by atoms with Crippen LogP contribution in [0.1, 0.15) is 25.0 Å². The van der Waals surface area contributed by atoms with Crippen molar-refractivity contribution in [3.8, 4) is 33.4 Å². The van der Waals surface area contributed by atoms with Crippen LogP contribution in [0.2, 0.25) is 0 Å². The summed E-state index contributed by atoms with van der Waals surface area (Å²) in [6, 6.07) is 64.9. The molecule has 0 aliphatic heterocycles. The van der Waals surface area contributed by atoms with E-state index in [1.807, 2.05) is 11.3 Å². The fraction of sp³-hybridized carbons (Fsp3) is 0.0612. The Kier molecular flexibility index (Phi) is 6.78. The van der Waals surface area contributed by atoms with E-state index < -0.39 is 0 Å². The molecule has 1 aliphatic carbocycles. The van der Waals surface area contributed by atoms with Crippen LogP contribution in [-0.4, -0.2) is 0 Å². The van der Waals surface area contributed by atoms with Gasteiger partial charge in [-0.05, 0) is 104 Å². The van der Waals surface area contributed by atoms with Crippen molar-refractivity contribution in [2.75, 3.05) is 4.90 Å². The smallest absolute Gasteiger partial charge is 0.0540 e. The van der Waals surface area contributed by atoms with E-state index in [-0.39, 0.29) is 5.41 Å². The zero-order valence-electron chi connectivity index (χ0n) is 28.6. The van der Waals surface area contributed by atoms with Crippen molar-refractivity contribution in [1.29, 1.82) is 0 Å². The van der Waals surface area contributed by atoms with E-state index in [1.165, 1.54) is 81.1 Å². The average molecular weight is 670 g/mol. The van der Waals surface area contributed by atoms with Crippen molar-refractivity contribution in [2.24, 2.45) is 0 Å². The number of fused-ring (bicyclic) bond motifs is 7. The second-order valence-corrected chi connectivity index (χ2v) is 15.3. The molecule has 1 nitrogen and oxygen atoms in total. The molecule has 0 unspecified atom stereocenters. The van der Waals surface area contributed by atoms with Gasteiger partial charge in [0.25, 0.3) is 0 Å². The van der Waals surface area contributed by atoms with Crippen LogP contribution in [0.15, 0.2) is 176 Å². The molecule has 0 N–H and O–H groups in total. The third kappa shape index (κ3) is 4.82. The van der Waals surface area contributed by atoms with Crippen LogP contribution < -0.4 is 4.90 Å². The fourth-order valence-electron chi connectivity index (χ4n) is 8.21. The van der Waals surface area contributed by atoms with E-state index in [1.54, 1.807) is 0 Å². The predicted octanol–water partition coefficient (Wildman–Crippen LogP) is 14.3. The molecule has 51 heavy (non-hydrogen) atoms. The Morgan fingerprint density at radius 3 is 1.84 bits per heavy atom. The van der Waals surface area contributed by atoms with E-state index in [2.05, 4.69) is 195 Å². The zero-order valence-corrected chi connectivity index (χ0v) is 29.4. The molecule has 0 saturated heterocycles. The van der Waals surface area contributed by atoms with Gasteiger partial charge in [0.2, 0.25) is 0 Å². The van der Waals surface area contributed by atoms with Gasteiger partial charge in [-0.15, -0.1) is 11.3 Å².